The molecule has 122 valence electrons. The Bertz CT molecular complexity index is 325. The topological polar surface area (TPSA) is 52.6 Å². The number of carbonyl (C=O) groups excluding carboxylic acids is 2. The van der Waals surface area contributed by atoms with Crippen molar-refractivity contribution in [1.29, 1.82) is 0 Å². The molecule has 0 radical (unpaired) electrons. The lowest BCUT2D eigenvalue weighted by molar-refractivity contribution is -0.162. The summed E-state index contributed by atoms with van der Waals surface area (Å²) in [6.07, 6.45) is 5.62. The van der Waals surface area contributed by atoms with Gasteiger partial charge in [0.25, 0.3) is 0 Å². The monoisotopic (exact) mass is 298 g/mol. The van der Waals surface area contributed by atoms with E-state index in [0.717, 1.165) is 19.3 Å². The Hall–Kier alpha value is -1.32. The number of hydrogen-bond donors (Lipinski definition) is 0. The molecule has 21 heavy (non-hydrogen) atoms. The van der Waals surface area contributed by atoms with Crippen molar-refractivity contribution in [2.75, 3.05) is 13.2 Å². The molecular weight excluding hydrogens is 268 g/mol. The van der Waals surface area contributed by atoms with Crippen LogP contribution < -0.4 is 0 Å². The van der Waals surface area contributed by atoms with E-state index in [0.29, 0.717) is 12.3 Å². The predicted octanol–water partition coefficient (Wildman–Crippen LogP) is 3.89. The van der Waals surface area contributed by atoms with E-state index in [1.807, 2.05) is 0 Å². The summed E-state index contributed by atoms with van der Waals surface area (Å²) < 4.78 is 9.93. The number of rotatable bonds is 10. The van der Waals surface area contributed by atoms with E-state index in [9.17, 15) is 9.59 Å². The molecule has 0 aromatic carbocycles. The van der Waals surface area contributed by atoms with Gasteiger partial charge in [0, 0.05) is 0 Å². The molecule has 0 saturated heterocycles. The third-order valence-corrected chi connectivity index (χ3v) is 3.30. The Kier molecular flexibility index (Phi) is 10.6. The van der Waals surface area contributed by atoms with E-state index in [4.69, 9.17) is 9.47 Å². The number of allylic oxidation sites excluding steroid dienone is 2. The van der Waals surface area contributed by atoms with Gasteiger partial charge in [0.15, 0.2) is 5.92 Å². The lowest BCUT2D eigenvalue weighted by atomic mass is 9.93. The highest BCUT2D eigenvalue weighted by Crippen LogP contribution is 2.20. The van der Waals surface area contributed by atoms with Crippen LogP contribution >= 0.6 is 0 Å². The van der Waals surface area contributed by atoms with Crippen molar-refractivity contribution in [3.8, 4) is 0 Å². The van der Waals surface area contributed by atoms with Crippen molar-refractivity contribution in [3.63, 3.8) is 0 Å². The zero-order chi connectivity index (χ0) is 16.3. The third-order valence-electron chi connectivity index (χ3n) is 3.30. The van der Waals surface area contributed by atoms with Crippen molar-refractivity contribution in [2.45, 2.75) is 60.3 Å². The zero-order valence-corrected chi connectivity index (χ0v) is 14.1. The fourth-order valence-electron chi connectivity index (χ4n) is 2.07. The summed E-state index contributed by atoms with van der Waals surface area (Å²) in [5.41, 5.74) is 1.32. The van der Waals surface area contributed by atoms with Gasteiger partial charge in [0.05, 0.1) is 13.2 Å². The van der Waals surface area contributed by atoms with Crippen LogP contribution in [-0.4, -0.2) is 25.2 Å². The van der Waals surface area contributed by atoms with Crippen LogP contribution in [0, 0.1) is 11.8 Å². The second-order valence-electron chi connectivity index (χ2n) is 5.60. The molecule has 0 aliphatic rings. The summed E-state index contributed by atoms with van der Waals surface area (Å²) in [7, 11) is 0. The minimum Gasteiger partial charge on any atom is -0.465 e. The number of carbonyl (C=O) groups is 2. The van der Waals surface area contributed by atoms with Gasteiger partial charge in [0.1, 0.15) is 0 Å². The first-order valence-electron chi connectivity index (χ1n) is 7.88. The smallest absolute Gasteiger partial charge is 0.320 e. The van der Waals surface area contributed by atoms with Crippen LogP contribution in [0.15, 0.2) is 11.6 Å². The Balaban J connectivity index is 4.36. The van der Waals surface area contributed by atoms with E-state index < -0.39 is 17.9 Å². The fourth-order valence-corrected chi connectivity index (χ4v) is 2.07. The molecule has 0 heterocycles. The minimum absolute atomic E-state index is 0.283. The molecule has 0 aromatic rings. The molecule has 0 aliphatic heterocycles. The lowest BCUT2D eigenvalue weighted by Crippen LogP contribution is -2.28. The molecule has 0 aliphatic carbocycles. The van der Waals surface area contributed by atoms with Crippen LogP contribution in [0.3, 0.4) is 0 Å². The molecule has 0 N–H and O–H groups in total. The highest BCUT2D eigenvalue weighted by atomic mass is 16.6. The molecule has 4 heteroatoms. The van der Waals surface area contributed by atoms with Crippen LogP contribution in [0.1, 0.15) is 60.3 Å². The Morgan fingerprint density at radius 3 is 1.90 bits per heavy atom. The normalized spacial score (nSPS) is 11.9. The maximum atomic E-state index is 11.8. The average molecular weight is 298 g/mol. The van der Waals surface area contributed by atoms with Gasteiger partial charge in [-0.1, -0.05) is 18.6 Å². The largest absolute Gasteiger partial charge is 0.465 e. The van der Waals surface area contributed by atoms with Crippen molar-refractivity contribution in [1.82, 2.24) is 0 Å². The van der Waals surface area contributed by atoms with Crippen LogP contribution in [-0.2, 0) is 19.1 Å². The molecule has 0 rings (SSSR count). The van der Waals surface area contributed by atoms with Crippen molar-refractivity contribution in [2.24, 2.45) is 11.8 Å². The van der Waals surface area contributed by atoms with Crippen molar-refractivity contribution >= 4 is 11.9 Å². The van der Waals surface area contributed by atoms with Gasteiger partial charge in [0.2, 0.25) is 0 Å². The Labute approximate surface area is 128 Å². The summed E-state index contributed by atoms with van der Waals surface area (Å²) in [6, 6.07) is 0. The maximum absolute atomic E-state index is 11.8. The minimum atomic E-state index is -0.782. The van der Waals surface area contributed by atoms with Gasteiger partial charge in [-0.3, -0.25) is 9.59 Å². The molecule has 0 amide bonds. The maximum Gasteiger partial charge on any atom is 0.320 e. The Morgan fingerprint density at radius 1 is 0.952 bits per heavy atom. The van der Waals surface area contributed by atoms with E-state index >= 15 is 0 Å². The van der Waals surface area contributed by atoms with E-state index in [1.54, 1.807) is 13.8 Å². The average Bonchev–Trinajstić information content (AvgIpc) is 2.39. The van der Waals surface area contributed by atoms with Gasteiger partial charge in [-0.05, 0) is 59.3 Å². The van der Waals surface area contributed by atoms with Gasteiger partial charge in [-0.15, -0.1) is 0 Å². The molecule has 0 spiro atoms. The van der Waals surface area contributed by atoms with Crippen LogP contribution in [0.2, 0.25) is 0 Å². The van der Waals surface area contributed by atoms with Crippen molar-refractivity contribution < 1.29 is 19.1 Å². The van der Waals surface area contributed by atoms with Crippen LogP contribution in [0.5, 0.6) is 0 Å². The molecule has 0 fully saturated rings. The summed E-state index contributed by atoms with van der Waals surface area (Å²) in [4.78, 5) is 23.7. The van der Waals surface area contributed by atoms with Crippen LogP contribution in [0.25, 0.3) is 0 Å². The first kappa shape index (κ1) is 19.7. The van der Waals surface area contributed by atoms with E-state index in [1.165, 1.54) is 5.57 Å². The molecular formula is C17H30O4. The number of ether oxygens (including phenoxy) is 2. The quantitative estimate of drug-likeness (QED) is 0.349. The summed E-state index contributed by atoms with van der Waals surface area (Å²) in [6.45, 7) is 10.4. The summed E-state index contributed by atoms with van der Waals surface area (Å²) in [5, 5.41) is 0. The molecule has 1 unspecified atom stereocenters. The van der Waals surface area contributed by atoms with Crippen molar-refractivity contribution in [3.05, 3.63) is 11.6 Å². The van der Waals surface area contributed by atoms with E-state index in [2.05, 4.69) is 26.8 Å². The fraction of sp³-hybridized carbons (Fsp3) is 0.765. The summed E-state index contributed by atoms with van der Waals surface area (Å²) in [5.74, 6) is -1.25. The highest BCUT2D eigenvalue weighted by molar-refractivity contribution is 5.94. The Morgan fingerprint density at radius 2 is 1.48 bits per heavy atom. The molecule has 4 nitrogen and oxygen atoms in total. The van der Waals surface area contributed by atoms with Gasteiger partial charge in [-0.25, -0.2) is 0 Å². The van der Waals surface area contributed by atoms with Gasteiger partial charge >= 0.3 is 11.9 Å². The first-order valence-corrected chi connectivity index (χ1v) is 7.88. The lowest BCUT2D eigenvalue weighted by Gasteiger charge is -2.16. The third kappa shape index (κ3) is 9.27. The number of esters is 2. The molecule has 0 bridgehead atoms. The molecule has 0 saturated carbocycles. The molecule has 1 atom stereocenters. The van der Waals surface area contributed by atoms with Crippen LogP contribution in [0.4, 0.5) is 0 Å². The number of hydrogen-bond acceptors (Lipinski definition) is 4. The second kappa shape index (κ2) is 11.4. The SMILES string of the molecule is CCOC(=O)C(CCC(C)CCC=C(C)C)C(=O)OCC. The van der Waals surface area contributed by atoms with Gasteiger partial charge < -0.3 is 9.47 Å². The first-order chi connectivity index (χ1) is 9.92. The summed E-state index contributed by atoms with van der Waals surface area (Å²) >= 11 is 0. The second-order valence-corrected chi connectivity index (χ2v) is 5.60. The predicted molar refractivity (Wildman–Crippen MR) is 83.8 cm³/mol. The van der Waals surface area contributed by atoms with Gasteiger partial charge in [-0.2, -0.15) is 0 Å². The zero-order valence-electron chi connectivity index (χ0n) is 14.1. The van der Waals surface area contributed by atoms with E-state index in [-0.39, 0.29) is 13.2 Å². The highest BCUT2D eigenvalue weighted by Gasteiger charge is 2.29. The molecule has 0 aromatic heterocycles. The standard InChI is InChI=1S/C17H30O4/c1-6-20-16(18)15(17(19)21-7-2)12-11-14(5)10-8-9-13(3)4/h9,14-15H,6-8,10-12H2,1-5H3.